The summed E-state index contributed by atoms with van der Waals surface area (Å²) in [7, 11) is -4.33. The van der Waals surface area contributed by atoms with Gasteiger partial charge < -0.3 is 9.79 Å². The second kappa shape index (κ2) is 3.94. The first-order valence-corrected chi connectivity index (χ1v) is 7.47. The van der Waals surface area contributed by atoms with Crippen molar-refractivity contribution in [3.63, 3.8) is 0 Å². The van der Waals surface area contributed by atoms with E-state index in [0.29, 0.717) is 0 Å². The zero-order valence-electron chi connectivity index (χ0n) is 9.25. The highest BCUT2D eigenvalue weighted by Gasteiger charge is 2.32. The molecule has 1 aliphatic rings. The molecule has 0 heterocycles. The van der Waals surface area contributed by atoms with Crippen LogP contribution in [-0.2, 0) is 4.57 Å². The molecule has 5 heteroatoms. The lowest BCUT2D eigenvalue weighted by Crippen LogP contribution is -2.03. The summed E-state index contributed by atoms with van der Waals surface area (Å²) in [5, 5.41) is 1.19. The average molecular weight is 281 g/mol. The third kappa shape index (κ3) is 1.72. The molecule has 3 rings (SSSR count). The molecule has 2 aromatic carbocycles. The predicted molar refractivity (Wildman–Crippen MR) is 72.6 cm³/mol. The van der Waals surface area contributed by atoms with Crippen molar-refractivity contribution in [3.8, 4) is 0 Å². The molecule has 2 N–H and O–H groups in total. The van der Waals surface area contributed by atoms with Crippen LogP contribution in [0.25, 0.3) is 16.8 Å². The maximum atomic E-state index is 11.5. The Bertz CT molecular complexity index is 712. The van der Waals surface area contributed by atoms with Crippen molar-refractivity contribution in [2.45, 2.75) is 5.38 Å². The number of rotatable bonds is 1. The van der Waals surface area contributed by atoms with Gasteiger partial charge in [-0.05, 0) is 28.0 Å². The maximum absolute atomic E-state index is 11.5. The van der Waals surface area contributed by atoms with E-state index < -0.39 is 13.0 Å². The van der Waals surface area contributed by atoms with Gasteiger partial charge in [-0.15, -0.1) is 11.6 Å². The number of hydrogen-bond acceptors (Lipinski definition) is 1. The highest BCUT2D eigenvalue weighted by Crippen LogP contribution is 2.57. The second-order valence-electron chi connectivity index (χ2n) is 4.27. The molecule has 0 amide bonds. The molecule has 0 saturated heterocycles. The van der Waals surface area contributed by atoms with Crippen LogP contribution in [0.3, 0.4) is 0 Å². The Morgan fingerprint density at radius 1 is 1.11 bits per heavy atom. The van der Waals surface area contributed by atoms with E-state index in [2.05, 4.69) is 0 Å². The van der Waals surface area contributed by atoms with Crippen molar-refractivity contribution < 1.29 is 14.4 Å². The Morgan fingerprint density at radius 3 is 2.44 bits per heavy atom. The fourth-order valence-electron chi connectivity index (χ4n) is 2.35. The van der Waals surface area contributed by atoms with Crippen LogP contribution in [0.15, 0.2) is 41.7 Å². The molecular formula is C13H10ClO3P. The van der Waals surface area contributed by atoms with E-state index in [4.69, 9.17) is 11.6 Å². The Hall–Kier alpha value is -1.12. The van der Waals surface area contributed by atoms with Crippen LogP contribution < -0.4 is 0 Å². The lowest BCUT2D eigenvalue weighted by atomic mass is 9.93. The molecule has 0 radical (unpaired) electrons. The Morgan fingerprint density at radius 2 is 1.78 bits per heavy atom. The minimum absolute atomic E-state index is 0.0321. The van der Waals surface area contributed by atoms with Crippen LogP contribution in [0.2, 0.25) is 0 Å². The normalized spacial score (nSPS) is 18.8. The van der Waals surface area contributed by atoms with Gasteiger partial charge in [-0.25, -0.2) is 0 Å². The molecule has 92 valence electrons. The number of alkyl halides is 1. The van der Waals surface area contributed by atoms with E-state index in [9.17, 15) is 14.4 Å². The van der Waals surface area contributed by atoms with Crippen LogP contribution in [0, 0.1) is 0 Å². The lowest BCUT2D eigenvalue weighted by molar-refractivity contribution is 0.381. The number of benzene rings is 2. The fourth-order valence-corrected chi connectivity index (χ4v) is 3.72. The van der Waals surface area contributed by atoms with Crippen LogP contribution in [0.1, 0.15) is 16.5 Å². The molecule has 18 heavy (non-hydrogen) atoms. The van der Waals surface area contributed by atoms with Crippen molar-refractivity contribution in [1.82, 2.24) is 0 Å². The van der Waals surface area contributed by atoms with Gasteiger partial charge >= 0.3 is 7.60 Å². The molecule has 1 unspecified atom stereocenters. The minimum atomic E-state index is -4.33. The van der Waals surface area contributed by atoms with Crippen molar-refractivity contribution in [2.75, 3.05) is 0 Å². The second-order valence-corrected chi connectivity index (χ2v) is 6.31. The van der Waals surface area contributed by atoms with Crippen molar-refractivity contribution >= 4 is 36.0 Å². The first-order valence-electron chi connectivity index (χ1n) is 5.42. The van der Waals surface area contributed by atoms with E-state index in [1.807, 2.05) is 36.4 Å². The van der Waals surface area contributed by atoms with Gasteiger partial charge in [-0.1, -0.05) is 36.4 Å². The van der Waals surface area contributed by atoms with E-state index in [-0.39, 0.29) is 5.31 Å². The SMILES string of the molecule is O=P(O)(O)C1=Cc2cccc3cccc(c23)C1Cl. The van der Waals surface area contributed by atoms with Gasteiger partial charge in [0.25, 0.3) is 0 Å². The summed E-state index contributed by atoms with van der Waals surface area (Å²) in [6, 6.07) is 11.3. The monoisotopic (exact) mass is 280 g/mol. The Labute approximate surface area is 109 Å². The summed E-state index contributed by atoms with van der Waals surface area (Å²) in [5.74, 6) is 0. The van der Waals surface area contributed by atoms with Crippen LogP contribution in [-0.4, -0.2) is 9.79 Å². The van der Waals surface area contributed by atoms with Gasteiger partial charge in [-0.2, -0.15) is 0 Å². The zero-order valence-corrected chi connectivity index (χ0v) is 10.9. The van der Waals surface area contributed by atoms with Gasteiger partial charge in [0.05, 0.1) is 10.7 Å². The lowest BCUT2D eigenvalue weighted by Gasteiger charge is -2.23. The van der Waals surface area contributed by atoms with Crippen molar-refractivity contribution in [3.05, 3.63) is 52.8 Å². The summed E-state index contributed by atoms with van der Waals surface area (Å²) in [6.45, 7) is 0. The highest BCUT2D eigenvalue weighted by molar-refractivity contribution is 7.57. The van der Waals surface area contributed by atoms with Gasteiger partial charge in [0.1, 0.15) is 0 Å². The van der Waals surface area contributed by atoms with Gasteiger partial charge in [-0.3, -0.25) is 4.57 Å². The van der Waals surface area contributed by atoms with Crippen LogP contribution in [0.4, 0.5) is 0 Å². The molecule has 0 aliphatic heterocycles. The maximum Gasteiger partial charge on any atom is 0.354 e. The van der Waals surface area contributed by atoms with Gasteiger partial charge in [0.15, 0.2) is 0 Å². The third-order valence-corrected chi connectivity index (χ3v) is 4.82. The first kappa shape index (κ1) is 11.9. The molecule has 0 spiro atoms. The van der Waals surface area contributed by atoms with E-state index in [1.54, 1.807) is 0 Å². The smallest absolute Gasteiger partial charge is 0.321 e. The summed E-state index contributed by atoms with van der Waals surface area (Å²) in [5.41, 5.74) is 1.56. The molecule has 1 aliphatic carbocycles. The zero-order chi connectivity index (χ0) is 12.9. The molecule has 0 saturated carbocycles. The van der Waals surface area contributed by atoms with E-state index in [0.717, 1.165) is 21.9 Å². The van der Waals surface area contributed by atoms with Crippen LogP contribution >= 0.6 is 19.2 Å². The van der Waals surface area contributed by atoms with Gasteiger partial charge in [0, 0.05) is 0 Å². The summed E-state index contributed by atoms with van der Waals surface area (Å²) < 4.78 is 11.5. The number of halogens is 1. The Balaban J connectivity index is 2.39. The molecule has 2 aromatic rings. The number of allylic oxidation sites excluding steroid dienone is 1. The summed E-state index contributed by atoms with van der Waals surface area (Å²) in [4.78, 5) is 18.7. The van der Waals surface area contributed by atoms with Crippen LogP contribution in [0.5, 0.6) is 0 Å². The molecule has 3 nitrogen and oxygen atoms in total. The molecule has 0 aromatic heterocycles. The fraction of sp³-hybridized carbons (Fsp3) is 0.0769. The molecule has 0 bridgehead atoms. The largest absolute Gasteiger partial charge is 0.354 e. The topological polar surface area (TPSA) is 57.5 Å². The summed E-state index contributed by atoms with van der Waals surface area (Å²) >= 11 is 6.20. The number of hydrogen-bond donors (Lipinski definition) is 2. The minimum Gasteiger partial charge on any atom is -0.321 e. The van der Waals surface area contributed by atoms with E-state index in [1.165, 1.54) is 6.08 Å². The average Bonchev–Trinajstić information content (AvgIpc) is 2.32. The highest BCUT2D eigenvalue weighted by atomic mass is 35.5. The van der Waals surface area contributed by atoms with Gasteiger partial charge in [0.2, 0.25) is 0 Å². The molecular weight excluding hydrogens is 271 g/mol. The van der Waals surface area contributed by atoms with Crippen molar-refractivity contribution in [1.29, 1.82) is 0 Å². The predicted octanol–water partition coefficient (Wildman–Crippen LogP) is 3.65. The summed E-state index contributed by atoms with van der Waals surface area (Å²) in [6.07, 6.45) is 1.51. The standard InChI is InChI=1S/C13H10ClO3P/c14-13-10-6-2-4-8-3-1-5-9(12(8)10)7-11(13)18(15,16)17/h1-7,13H,(H2,15,16,17). The first-order chi connectivity index (χ1) is 8.48. The molecule has 0 fully saturated rings. The Kier molecular flexibility index (Phi) is 2.61. The molecule has 1 atom stereocenters. The van der Waals surface area contributed by atoms with E-state index >= 15 is 0 Å². The third-order valence-electron chi connectivity index (χ3n) is 3.14. The van der Waals surface area contributed by atoms with Crippen molar-refractivity contribution in [2.24, 2.45) is 0 Å². The quantitative estimate of drug-likeness (QED) is 0.619.